The molecule has 0 unspecified atom stereocenters. The van der Waals surface area contributed by atoms with Crippen LogP contribution in [-0.2, 0) is 11.2 Å². The third kappa shape index (κ3) is 3.47. The molecule has 0 aliphatic carbocycles. The van der Waals surface area contributed by atoms with Gasteiger partial charge in [0.2, 0.25) is 5.91 Å². The summed E-state index contributed by atoms with van der Waals surface area (Å²) in [6.45, 7) is 4.90. The van der Waals surface area contributed by atoms with E-state index in [1.807, 2.05) is 6.07 Å². The molecule has 104 valence electrons. The van der Waals surface area contributed by atoms with E-state index >= 15 is 0 Å². The predicted molar refractivity (Wildman–Crippen MR) is 72.8 cm³/mol. The Hall–Kier alpha value is -1.55. The van der Waals surface area contributed by atoms with Gasteiger partial charge in [-0.3, -0.25) is 4.79 Å². The number of likely N-dealkylation sites (tertiary alicyclic amines) is 1. The second kappa shape index (κ2) is 5.21. The summed E-state index contributed by atoms with van der Waals surface area (Å²) in [6.07, 6.45) is 1.14. The fourth-order valence-electron chi connectivity index (χ4n) is 2.52. The average Bonchev–Trinajstić information content (AvgIpc) is 2.77. The van der Waals surface area contributed by atoms with E-state index in [2.05, 4.69) is 0 Å². The zero-order valence-electron chi connectivity index (χ0n) is 11.5. The molecule has 0 aromatic heterocycles. The minimum absolute atomic E-state index is 0.0531. The van der Waals surface area contributed by atoms with Crippen molar-refractivity contribution in [2.45, 2.75) is 32.3 Å². The van der Waals surface area contributed by atoms with Crippen LogP contribution < -0.4 is 0 Å². The second-order valence-electron chi connectivity index (χ2n) is 5.83. The highest BCUT2D eigenvalue weighted by Gasteiger charge is 2.35. The van der Waals surface area contributed by atoms with Gasteiger partial charge >= 0.3 is 0 Å². The van der Waals surface area contributed by atoms with Crippen molar-refractivity contribution in [3.63, 3.8) is 0 Å². The van der Waals surface area contributed by atoms with Gasteiger partial charge in [0, 0.05) is 19.0 Å². The lowest BCUT2D eigenvalue weighted by Crippen LogP contribution is -2.35. The van der Waals surface area contributed by atoms with Crippen LogP contribution in [0.15, 0.2) is 24.3 Å². The number of benzene rings is 1. The molecule has 1 saturated heterocycles. The van der Waals surface area contributed by atoms with E-state index in [0.717, 1.165) is 12.0 Å². The summed E-state index contributed by atoms with van der Waals surface area (Å²) in [5.74, 6) is 0.374. The molecular formula is C15H21NO3. The number of carbonyl (C=O) groups is 1. The molecule has 2 N–H and O–H groups in total. The lowest BCUT2D eigenvalue weighted by Gasteiger charge is -2.25. The SMILES string of the molecule is CC(C)(O)[C@H]1CCN(C(=O)Cc2cccc(O)c2)C1. The Morgan fingerprint density at radius 2 is 2.21 bits per heavy atom. The number of carbonyl (C=O) groups excluding carboxylic acids is 1. The molecule has 0 bridgehead atoms. The molecule has 1 aromatic rings. The number of phenolic OH excluding ortho intramolecular Hbond substituents is 1. The molecule has 1 atom stereocenters. The van der Waals surface area contributed by atoms with E-state index in [-0.39, 0.29) is 17.6 Å². The summed E-state index contributed by atoms with van der Waals surface area (Å²) in [4.78, 5) is 14.0. The van der Waals surface area contributed by atoms with Crippen molar-refractivity contribution in [2.75, 3.05) is 13.1 Å². The lowest BCUT2D eigenvalue weighted by molar-refractivity contribution is -0.129. The zero-order chi connectivity index (χ0) is 14.0. The Morgan fingerprint density at radius 1 is 1.47 bits per heavy atom. The van der Waals surface area contributed by atoms with Gasteiger partial charge in [-0.1, -0.05) is 12.1 Å². The molecule has 0 spiro atoms. The minimum atomic E-state index is -0.736. The third-order valence-electron chi connectivity index (χ3n) is 3.81. The number of aromatic hydroxyl groups is 1. The van der Waals surface area contributed by atoms with Crippen LogP contribution in [0, 0.1) is 5.92 Å². The highest BCUT2D eigenvalue weighted by Crippen LogP contribution is 2.27. The van der Waals surface area contributed by atoms with E-state index in [9.17, 15) is 15.0 Å². The average molecular weight is 263 g/mol. The van der Waals surface area contributed by atoms with E-state index in [1.54, 1.807) is 36.9 Å². The quantitative estimate of drug-likeness (QED) is 0.870. The van der Waals surface area contributed by atoms with Crippen molar-refractivity contribution < 1.29 is 15.0 Å². The summed E-state index contributed by atoms with van der Waals surface area (Å²) in [5, 5.41) is 19.4. The summed E-state index contributed by atoms with van der Waals surface area (Å²) in [5.41, 5.74) is 0.0803. The molecule has 1 amide bonds. The van der Waals surface area contributed by atoms with Gasteiger partial charge in [-0.2, -0.15) is 0 Å². The molecule has 2 rings (SSSR count). The fourth-order valence-corrected chi connectivity index (χ4v) is 2.52. The maximum atomic E-state index is 12.2. The van der Waals surface area contributed by atoms with Crippen LogP contribution in [-0.4, -0.2) is 39.7 Å². The van der Waals surface area contributed by atoms with Crippen molar-refractivity contribution >= 4 is 5.91 Å². The number of amides is 1. The number of hydrogen-bond donors (Lipinski definition) is 2. The Kier molecular flexibility index (Phi) is 3.80. The number of hydrogen-bond acceptors (Lipinski definition) is 3. The van der Waals surface area contributed by atoms with Crippen molar-refractivity contribution in [1.82, 2.24) is 4.90 Å². The molecule has 4 heteroatoms. The van der Waals surface area contributed by atoms with Crippen LogP contribution in [0.2, 0.25) is 0 Å². The smallest absolute Gasteiger partial charge is 0.227 e. The van der Waals surface area contributed by atoms with E-state index in [0.29, 0.717) is 19.5 Å². The molecule has 0 radical (unpaired) electrons. The van der Waals surface area contributed by atoms with E-state index in [4.69, 9.17) is 0 Å². The topological polar surface area (TPSA) is 60.8 Å². The molecule has 4 nitrogen and oxygen atoms in total. The minimum Gasteiger partial charge on any atom is -0.508 e. The highest BCUT2D eigenvalue weighted by molar-refractivity contribution is 5.79. The summed E-state index contributed by atoms with van der Waals surface area (Å²) < 4.78 is 0. The summed E-state index contributed by atoms with van der Waals surface area (Å²) in [7, 11) is 0. The third-order valence-corrected chi connectivity index (χ3v) is 3.81. The predicted octanol–water partition coefficient (Wildman–Crippen LogP) is 1.55. The summed E-state index contributed by atoms with van der Waals surface area (Å²) in [6, 6.07) is 6.78. The normalized spacial score (nSPS) is 19.7. The number of rotatable bonds is 3. The zero-order valence-corrected chi connectivity index (χ0v) is 11.5. The van der Waals surface area contributed by atoms with Crippen molar-refractivity contribution in [1.29, 1.82) is 0 Å². The first-order valence-electron chi connectivity index (χ1n) is 6.64. The van der Waals surface area contributed by atoms with Gasteiger partial charge in [0.25, 0.3) is 0 Å². The van der Waals surface area contributed by atoms with Gasteiger partial charge in [-0.05, 0) is 38.0 Å². The van der Waals surface area contributed by atoms with Crippen LogP contribution in [0.4, 0.5) is 0 Å². The van der Waals surface area contributed by atoms with Crippen LogP contribution in [0.5, 0.6) is 5.75 Å². The Bertz CT molecular complexity index is 465. The first kappa shape index (κ1) is 13.9. The van der Waals surface area contributed by atoms with Crippen LogP contribution in [0.25, 0.3) is 0 Å². The van der Waals surface area contributed by atoms with Gasteiger partial charge in [-0.15, -0.1) is 0 Å². The number of aliphatic hydroxyl groups is 1. The highest BCUT2D eigenvalue weighted by atomic mass is 16.3. The van der Waals surface area contributed by atoms with Gasteiger partial charge < -0.3 is 15.1 Å². The Balaban J connectivity index is 1.95. The molecule has 1 fully saturated rings. The van der Waals surface area contributed by atoms with Gasteiger partial charge in [0.1, 0.15) is 5.75 Å². The molecule has 1 aliphatic rings. The monoisotopic (exact) mass is 263 g/mol. The van der Waals surface area contributed by atoms with Crippen molar-refractivity contribution in [3.05, 3.63) is 29.8 Å². The first-order chi connectivity index (χ1) is 8.86. The van der Waals surface area contributed by atoms with Crippen LogP contribution in [0.1, 0.15) is 25.8 Å². The van der Waals surface area contributed by atoms with Crippen LogP contribution >= 0.6 is 0 Å². The number of nitrogens with zero attached hydrogens (tertiary/aromatic N) is 1. The van der Waals surface area contributed by atoms with Crippen molar-refractivity contribution in [2.24, 2.45) is 5.92 Å². The lowest BCUT2D eigenvalue weighted by atomic mass is 9.90. The summed E-state index contributed by atoms with van der Waals surface area (Å²) >= 11 is 0. The fraction of sp³-hybridized carbons (Fsp3) is 0.533. The van der Waals surface area contributed by atoms with Gasteiger partial charge in [0.15, 0.2) is 0 Å². The molecule has 19 heavy (non-hydrogen) atoms. The molecule has 1 aromatic carbocycles. The molecule has 0 saturated carbocycles. The standard InChI is InChI=1S/C15H21NO3/c1-15(2,19)12-6-7-16(10-12)14(18)9-11-4-3-5-13(17)8-11/h3-5,8,12,17,19H,6-7,9-10H2,1-2H3/t12-/m0/s1. The van der Waals surface area contributed by atoms with Gasteiger partial charge in [-0.25, -0.2) is 0 Å². The van der Waals surface area contributed by atoms with E-state index in [1.165, 1.54) is 0 Å². The van der Waals surface area contributed by atoms with Crippen molar-refractivity contribution in [3.8, 4) is 5.75 Å². The van der Waals surface area contributed by atoms with E-state index < -0.39 is 5.60 Å². The second-order valence-corrected chi connectivity index (χ2v) is 5.83. The van der Waals surface area contributed by atoms with Gasteiger partial charge in [0.05, 0.1) is 12.0 Å². The maximum absolute atomic E-state index is 12.2. The Labute approximate surface area is 113 Å². The largest absolute Gasteiger partial charge is 0.508 e. The Morgan fingerprint density at radius 3 is 2.79 bits per heavy atom. The molecule has 1 aliphatic heterocycles. The van der Waals surface area contributed by atoms with Crippen LogP contribution in [0.3, 0.4) is 0 Å². The number of phenols is 1. The first-order valence-corrected chi connectivity index (χ1v) is 6.64. The molecular weight excluding hydrogens is 242 g/mol. The maximum Gasteiger partial charge on any atom is 0.227 e. The molecule has 1 heterocycles.